The van der Waals surface area contributed by atoms with Crippen molar-refractivity contribution >= 4 is 17.2 Å². The number of hydrogen-bond donors (Lipinski definition) is 0. The van der Waals surface area contributed by atoms with Gasteiger partial charge in [-0.3, -0.25) is 0 Å². The Balaban J connectivity index is 2.17. The predicted molar refractivity (Wildman–Crippen MR) is 74.7 cm³/mol. The van der Waals surface area contributed by atoms with E-state index in [1.807, 2.05) is 37.3 Å². The quantitative estimate of drug-likeness (QED) is 0.672. The lowest BCUT2D eigenvalue weighted by Gasteiger charge is -2.01. The van der Waals surface area contributed by atoms with Gasteiger partial charge in [0.25, 0.3) is 0 Å². The molecule has 0 N–H and O–H groups in total. The molecular weight excluding hydrogens is 262 g/mol. The van der Waals surface area contributed by atoms with Crippen LogP contribution in [0.5, 0.6) is 5.75 Å². The Morgan fingerprint density at radius 3 is 2.84 bits per heavy atom. The fourth-order valence-electron chi connectivity index (χ4n) is 1.98. The third-order valence-corrected chi connectivity index (χ3v) is 3.15. The van der Waals surface area contributed by atoms with Gasteiger partial charge in [0.15, 0.2) is 5.65 Å². The molecule has 0 fully saturated rings. The molecule has 19 heavy (non-hydrogen) atoms. The van der Waals surface area contributed by atoms with Gasteiger partial charge in [-0.05, 0) is 25.1 Å². The Bertz CT molecular complexity index is 752. The van der Waals surface area contributed by atoms with Crippen molar-refractivity contribution in [3.05, 3.63) is 47.2 Å². The van der Waals surface area contributed by atoms with E-state index < -0.39 is 0 Å². The van der Waals surface area contributed by atoms with Crippen LogP contribution in [-0.4, -0.2) is 21.7 Å². The molecule has 2 aromatic heterocycles. The van der Waals surface area contributed by atoms with Crippen molar-refractivity contribution in [3.63, 3.8) is 0 Å². The van der Waals surface area contributed by atoms with Crippen LogP contribution < -0.4 is 4.74 Å². The second kappa shape index (κ2) is 4.55. The number of rotatable bonds is 2. The van der Waals surface area contributed by atoms with Crippen molar-refractivity contribution in [1.29, 1.82) is 0 Å². The van der Waals surface area contributed by atoms with E-state index >= 15 is 0 Å². The van der Waals surface area contributed by atoms with Crippen molar-refractivity contribution in [2.75, 3.05) is 7.11 Å². The number of benzene rings is 1. The first-order chi connectivity index (χ1) is 9.17. The Morgan fingerprint density at radius 1 is 1.21 bits per heavy atom. The fraction of sp³-hybridized carbons (Fsp3) is 0.143. The molecule has 4 nitrogen and oxygen atoms in total. The van der Waals surface area contributed by atoms with Crippen LogP contribution in [0.15, 0.2) is 36.4 Å². The molecule has 0 saturated carbocycles. The summed E-state index contributed by atoms with van der Waals surface area (Å²) in [5.41, 5.74) is 3.40. The van der Waals surface area contributed by atoms with Crippen LogP contribution in [0, 0.1) is 6.92 Å². The van der Waals surface area contributed by atoms with Crippen LogP contribution in [-0.2, 0) is 0 Å². The lowest BCUT2D eigenvalue weighted by molar-refractivity contribution is 0.415. The minimum absolute atomic E-state index is 0.552. The van der Waals surface area contributed by atoms with Gasteiger partial charge in [0.1, 0.15) is 10.9 Å². The number of hydrogen-bond acceptors (Lipinski definition) is 3. The standard InChI is InChI=1S/C14H12ClN3O/c1-9-6-13(15)18-14(16-9)8-12(17-18)10-4-3-5-11(7-10)19-2/h3-8H,1-2H3. The molecule has 0 radical (unpaired) electrons. The topological polar surface area (TPSA) is 39.4 Å². The van der Waals surface area contributed by atoms with E-state index in [0.717, 1.165) is 28.3 Å². The second-order valence-corrected chi connectivity index (χ2v) is 4.64. The molecule has 0 amide bonds. The summed E-state index contributed by atoms with van der Waals surface area (Å²) < 4.78 is 6.85. The van der Waals surface area contributed by atoms with Crippen molar-refractivity contribution in [1.82, 2.24) is 14.6 Å². The molecule has 1 aromatic carbocycles. The second-order valence-electron chi connectivity index (χ2n) is 4.25. The van der Waals surface area contributed by atoms with Crippen LogP contribution in [0.1, 0.15) is 5.69 Å². The van der Waals surface area contributed by atoms with Crippen LogP contribution >= 0.6 is 11.6 Å². The Morgan fingerprint density at radius 2 is 2.05 bits per heavy atom. The first kappa shape index (κ1) is 12.0. The van der Waals surface area contributed by atoms with E-state index in [4.69, 9.17) is 16.3 Å². The molecule has 3 aromatic rings. The maximum absolute atomic E-state index is 6.16. The zero-order valence-corrected chi connectivity index (χ0v) is 11.3. The van der Waals surface area contributed by atoms with E-state index in [0.29, 0.717) is 5.15 Å². The molecule has 5 heteroatoms. The van der Waals surface area contributed by atoms with Gasteiger partial charge < -0.3 is 4.74 Å². The van der Waals surface area contributed by atoms with E-state index in [9.17, 15) is 0 Å². The molecule has 0 aliphatic carbocycles. The normalized spacial score (nSPS) is 10.9. The maximum Gasteiger partial charge on any atom is 0.157 e. The van der Waals surface area contributed by atoms with Gasteiger partial charge >= 0.3 is 0 Å². The first-order valence-electron chi connectivity index (χ1n) is 5.85. The molecule has 0 unspecified atom stereocenters. The highest BCUT2D eigenvalue weighted by atomic mass is 35.5. The highest BCUT2D eigenvalue weighted by molar-refractivity contribution is 6.29. The molecule has 0 bridgehead atoms. The van der Waals surface area contributed by atoms with Gasteiger partial charge in [0, 0.05) is 17.3 Å². The van der Waals surface area contributed by atoms with E-state index in [1.165, 1.54) is 0 Å². The summed E-state index contributed by atoms with van der Waals surface area (Å²) in [4.78, 5) is 4.41. The van der Waals surface area contributed by atoms with Crippen LogP contribution in [0.3, 0.4) is 0 Å². The number of halogens is 1. The van der Waals surface area contributed by atoms with E-state index in [-0.39, 0.29) is 0 Å². The summed E-state index contributed by atoms with van der Waals surface area (Å²) in [6.45, 7) is 1.91. The smallest absolute Gasteiger partial charge is 0.157 e. The summed E-state index contributed by atoms with van der Waals surface area (Å²) in [7, 11) is 1.64. The van der Waals surface area contributed by atoms with Crippen molar-refractivity contribution in [2.45, 2.75) is 6.92 Å². The maximum atomic E-state index is 6.16. The average Bonchev–Trinajstić information content (AvgIpc) is 2.83. The molecule has 0 spiro atoms. The molecule has 0 saturated heterocycles. The van der Waals surface area contributed by atoms with Crippen molar-refractivity contribution in [3.8, 4) is 17.0 Å². The number of fused-ring (bicyclic) bond motifs is 1. The van der Waals surface area contributed by atoms with E-state index in [1.54, 1.807) is 17.7 Å². The first-order valence-corrected chi connectivity index (χ1v) is 6.22. The van der Waals surface area contributed by atoms with Crippen molar-refractivity contribution < 1.29 is 4.74 Å². The minimum Gasteiger partial charge on any atom is -0.497 e. The van der Waals surface area contributed by atoms with Gasteiger partial charge in [-0.1, -0.05) is 23.7 Å². The lowest BCUT2D eigenvalue weighted by Crippen LogP contribution is -1.93. The molecule has 0 aliphatic rings. The van der Waals surface area contributed by atoms with Crippen LogP contribution in [0.25, 0.3) is 16.9 Å². The summed E-state index contributed by atoms with van der Waals surface area (Å²) >= 11 is 6.16. The molecule has 96 valence electrons. The third kappa shape index (κ3) is 2.15. The largest absolute Gasteiger partial charge is 0.497 e. The van der Waals surface area contributed by atoms with Crippen molar-refractivity contribution in [2.24, 2.45) is 0 Å². The number of nitrogens with zero attached hydrogens (tertiary/aromatic N) is 3. The number of ether oxygens (including phenoxy) is 1. The van der Waals surface area contributed by atoms with Gasteiger partial charge in [0.2, 0.25) is 0 Å². The number of methoxy groups -OCH3 is 1. The summed E-state index contributed by atoms with van der Waals surface area (Å²) in [6.07, 6.45) is 0. The van der Waals surface area contributed by atoms with Gasteiger partial charge in [-0.2, -0.15) is 5.10 Å². The summed E-state index contributed by atoms with van der Waals surface area (Å²) in [5, 5.41) is 5.02. The lowest BCUT2D eigenvalue weighted by atomic mass is 10.1. The van der Waals surface area contributed by atoms with Crippen LogP contribution in [0.4, 0.5) is 0 Å². The predicted octanol–water partition coefficient (Wildman–Crippen LogP) is 3.37. The molecular formula is C14H12ClN3O. The monoisotopic (exact) mass is 273 g/mol. The number of aryl methyl sites for hydroxylation is 1. The molecule has 0 aliphatic heterocycles. The summed E-state index contributed by atoms with van der Waals surface area (Å²) in [6, 6.07) is 11.4. The third-order valence-electron chi connectivity index (χ3n) is 2.88. The Hall–Kier alpha value is -2.07. The van der Waals surface area contributed by atoms with Gasteiger partial charge in [0.05, 0.1) is 12.8 Å². The van der Waals surface area contributed by atoms with E-state index in [2.05, 4.69) is 10.1 Å². The highest BCUT2D eigenvalue weighted by Gasteiger charge is 2.09. The zero-order valence-electron chi connectivity index (χ0n) is 10.6. The molecule has 0 atom stereocenters. The molecule has 2 heterocycles. The van der Waals surface area contributed by atoms with Crippen LogP contribution in [0.2, 0.25) is 5.15 Å². The Labute approximate surface area is 115 Å². The molecule has 3 rings (SSSR count). The number of aromatic nitrogens is 3. The SMILES string of the molecule is COc1cccc(-c2cc3nc(C)cc(Cl)n3n2)c1. The average molecular weight is 274 g/mol. The minimum atomic E-state index is 0.552. The summed E-state index contributed by atoms with van der Waals surface area (Å²) in [5.74, 6) is 0.796. The fourth-order valence-corrected chi connectivity index (χ4v) is 2.26. The van der Waals surface area contributed by atoms with Gasteiger partial charge in [-0.25, -0.2) is 9.50 Å². The highest BCUT2D eigenvalue weighted by Crippen LogP contribution is 2.24. The zero-order chi connectivity index (χ0) is 13.4. The Kier molecular flexibility index (Phi) is 2.87. The van der Waals surface area contributed by atoms with Gasteiger partial charge in [-0.15, -0.1) is 0 Å².